The van der Waals surface area contributed by atoms with E-state index in [1.54, 1.807) is 0 Å². The summed E-state index contributed by atoms with van der Waals surface area (Å²) in [7, 11) is 0. The summed E-state index contributed by atoms with van der Waals surface area (Å²) in [5.41, 5.74) is 1.73. The second-order valence-corrected chi connectivity index (χ2v) is 5.28. The Morgan fingerprint density at radius 1 is 1.33 bits per heavy atom. The maximum atomic E-state index is 11.4. The van der Waals surface area contributed by atoms with Gasteiger partial charge in [0, 0.05) is 17.4 Å². The molecule has 1 fully saturated rings. The minimum absolute atomic E-state index is 0.503. The van der Waals surface area contributed by atoms with Gasteiger partial charge in [0.05, 0.1) is 5.39 Å². The van der Waals surface area contributed by atoms with Crippen LogP contribution in [0.1, 0.15) is 12.8 Å². The summed E-state index contributed by atoms with van der Waals surface area (Å²) in [4.78, 5) is 25.2. The summed E-state index contributed by atoms with van der Waals surface area (Å²) < 4.78 is 0. The Morgan fingerprint density at radius 2 is 2.19 bits per heavy atom. The van der Waals surface area contributed by atoms with Crippen LogP contribution in [0.25, 0.3) is 21.9 Å². The van der Waals surface area contributed by atoms with Gasteiger partial charge in [0.25, 0.3) is 0 Å². The molecule has 1 atom stereocenters. The van der Waals surface area contributed by atoms with Gasteiger partial charge in [-0.15, -0.1) is 0 Å². The molecule has 0 bridgehead atoms. The van der Waals surface area contributed by atoms with Gasteiger partial charge in [-0.25, -0.2) is 14.8 Å². The number of hydrogen-bond acceptors (Lipinski definition) is 4. The normalized spacial score (nSPS) is 18.7. The molecule has 0 radical (unpaired) electrons. The van der Waals surface area contributed by atoms with Crippen LogP contribution in [0.2, 0.25) is 0 Å². The Bertz CT molecular complexity index is 842. The third-order valence-electron chi connectivity index (χ3n) is 4.09. The summed E-state index contributed by atoms with van der Waals surface area (Å²) in [5.74, 6) is -0.0820. The molecule has 1 saturated heterocycles. The highest BCUT2D eigenvalue weighted by Gasteiger charge is 2.33. The van der Waals surface area contributed by atoms with Crippen molar-refractivity contribution in [1.29, 1.82) is 0 Å². The van der Waals surface area contributed by atoms with Crippen LogP contribution in [0, 0.1) is 0 Å². The van der Waals surface area contributed by atoms with Gasteiger partial charge in [-0.05, 0) is 18.9 Å². The van der Waals surface area contributed by atoms with Crippen LogP contribution in [0.3, 0.4) is 0 Å². The smallest absolute Gasteiger partial charge is 0.326 e. The van der Waals surface area contributed by atoms with E-state index in [2.05, 4.69) is 15.0 Å². The number of fused-ring (bicyclic) bond motifs is 3. The predicted molar refractivity (Wildman–Crippen MR) is 79.4 cm³/mol. The molecule has 0 aliphatic carbocycles. The van der Waals surface area contributed by atoms with E-state index in [0.29, 0.717) is 18.8 Å². The first-order valence-corrected chi connectivity index (χ1v) is 6.96. The Morgan fingerprint density at radius 3 is 3.05 bits per heavy atom. The average molecular weight is 282 g/mol. The van der Waals surface area contributed by atoms with Crippen molar-refractivity contribution in [2.24, 2.45) is 0 Å². The average Bonchev–Trinajstić information content (AvgIpc) is 3.11. The van der Waals surface area contributed by atoms with Crippen molar-refractivity contribution in [3.05, 3.63) is 30.6 Å². The molecule has 4 rings (SSSR count). The lowest BCUT2D eigenvalue weighted by Crippen LogP contribution is -2.36. The first-order valence-electron chi connectivity index (χ1n) is 6.96. The van der Waals surface area contributed by atoms with Gasteiger partial charge in [-0.3, -0.25) is 0 Å². The molecule has 3 heterocycles. The number of aromatic amines is 1. The summed E-state index contributed by atoms with van der Waals surface area (Å²) in [6.45, 7) is 0.711. The maximum absolute atomic E-state index is 11.4. The number of benzene rings is 1. The molecule has 1 aromatic carbocycles. The number of carbonyl (C=O) groups is 1. The lowest BCUT2D eigenvalue weighted by Gasteiger charge is -2.22. The van der Waals surface area contributed by atoms with E-state index < -0.39 is 12.0 Å². The minimum Gasteiger partial charge on any atom is -0.480 e. The minimum atomic E-state index is -0.792. The zero-order valence-corrected chi connectivity index (χ0v) is 11.3. The van der Waals surface area contributed by atoms with E-state index in [1.165, 1.54) is 6.33 Å². The number of para-hydroxylation sites is 1. The largest absolute Gasteiger partial charge is 0.480 e. The number of H-pyrrole nitrogens is 1. The first-order chi connectivity index (χ1) is 10.3. The zero-order chi connectivity index (χ0) is 14.4. The monoisotopic (exact) mass is 282 g/mol. The maximum Gasteiger partial charge on any atom is 0.326 e. The molecular formula is C15H14N4O2. The number of hydrogen-bond donors (Lipinski definition) is 2. The SMILES string of the molecule is O=C(O)[C@@H]1CCCN1c1ncnc2[nH]c3ccccc3c12. The van der Waals surface area contributed by atoms with Crippen molar-refractivity contribution >= 4 is 33.7 Å². The molecule has 21 heavy (non-hydrogen) atoms. The van der Waals surface area contributed by atoms with Gasteiger partial charge in [0.1, 0.15) is 23.8 Å². The molecule has 0 saturated carbocycles. The van der Waals surface area contributed by atoms with Gasteiger partial charge in [0.2, 0.25) is 0 Å². The molecule has 0 amide bonds. The highest BCUT2D eigenvalue weighted by molar-refractivity contribution is 6.11. The molecular weight excluding hydrogens is 268 g/mol. The number of nitrogens with one attached hydrogen (secondary N) is 1. The Kier molecular flexibility index (Phi) is 2.57. The lowest BCUT2D eigenvalue weighted by molar-refractivity contribution is -0.138. The van der Waals surface area contributed by atoms with E-state index in [4.69, 9.17) is 0 Å². The third kappa shape index (κ3) is 1.75. The van der Waals surface area contributed by atoms with E-state index >= 15 is 0 Å². The fourth-order valence-corrected chi connectivity index (χ4v) is 3.15. The summed E-state index contributed by atoms with van der Waals surface area (Å²) in [6, 6.07) is 7.41. The van der Waals surface area contributed by atoms with Crippen molar-refractivity contribution in [2.75, 3.05) is 11.4 Å². The van der Waals surface area contributed by atoms with Crippen LogP contribution in [-0.2, 0) is 4.79 Å². The summed E-state index contributed by atoms with van der Waals surface area (Å²) >= 11 is 0. The standard InChI is InChI=1S/C15H14N4O2/c20-15(21)11-6-3-7-19(11)14-12-9-4-1-2-5-10(9)18-13(12)16-8-17-14/h1-2,4-5,8,11H,3,6-7H2,(H,20,21)(H,16,17,18)/t11-/m0/s1. The number of rotatable bonds is 2. The third-order valence-corrected chi connectivity index (χ3v) is 4.09. The van der Waals surface area contributed by atoms with E-state index in [1.807, 2.05) is 29.2 Å². The summed E-state index contributed by atoms with van der Waals surface area (Å²) in [6.07, 6.45) is 3.01. The van der Waals surface area contributed by atoms with Gasteiger partial charge in [-0.1, -0.05) is 18.2 Å². The highest BCUT2D eigenvalue weighted by Crippen LogP contribution is 2.34. The molecule has 0 spiro atoms. The highest BCUT2D eigenvalue weighted by atomic mass is 16.4. The van der Waals surface area contributed by atoms with E-state index in [0.717, 1.165) is 28.4 Å². The molecule has 0 unspecified atom stereocenters. The van der Waals surface area contributed by atoms with Crippen molar-refractivity contribution in [3.63, 3.8) is 0 Å². The van der Waals surface area contributed by atoms with Crippen LogP contribution in [0.4, 0.5) is 5.82 Å². The fourth-order valence-electron chi connectivity index (χ4n) is 3.15. The molecule has 1 aliphatic rings. The van der Waals surface area contributed by atoms with Crippen LogP contribution < -0.4 is 4.90 Å². The Hall–Kier alpha value is -2.63. The van der Waals surface area contributed by atoms with E-state index in [9.17, 15) is 9.90 Å². The van der Waals surface area contributed by atoms with Crippen LogP contribution in [-0.4, -0.2) is 38.6 Å². The molecule has 2 aromatic heterocycles. The quantitative estimate of drug-likeness (QED) is 0.752. The molecule has 106 valence electrons. The van der Waals surface area contributed by atoms with Gasteiger partial charge in [-0.2, -0.15) is 0 Å². The molecule has 1 aliphatic heterocycles. The Balaban J connectivity index is 1.98. The topological polar surface area (TPSA) is 82.1 Å². The van der Waals surface area contributed by atoms with Crippen molar-refractivity contribution in [3.8, 4) is 0 Å². The predicted octanol–water partition coefficient (Wildman–Crippen LogP) is 2.16. The number of nitrogens with zero attached hydrogens (tertiary/aromatic N) is 3. The Labute approximate surface area is 120 Å². The van der Waals surface area contributed by atoms with Crippen LogP contribution in [0.15, 0.2) is 30.6 Å². The number of aliphatic carboxylic acids is 1. The van der Waals surface area contributed by atoms with Crippen molar-refractivity contribution in [2.45, 2.75) is 18.9 Å². The van der Waals surface area contributed by atoms with Gasteiger partial charge in [0.15, 0.2) is 0 Å². The first kappa shape index (κ1) is 12.1. The van der Waals surface area contributed by atoms with Gasteiger partial charge >= 0.3 is 5.97 Å². The fraction of sp³-hybridized carbons (Fsp3) is 0.267. The van der Waals surface area contributed by atoms with Crippen LogP contribution >= 0.6 is 0 Å². The molecule has 6 nitrogen and oxygen atoms in total. The lowest BCUT2D eigenvalue weighted by atomic mass is 10.2. The number of aromatic nitrogens is 3. The molecule has 3 aromatic rings. The second-order valence-electron chi connectivity index (χ2n) is 5.28. The molecule has 6 heteroatoms. The van der Waals surface area contributed by atoms with Crippen molar-refractivity contribution < 1.29 is 9.90 Å². The van der Waals surface area contributed by atoms with Crippen molar-refractivity contribution in [1.82, 2.24) is 15.0 Å². The second kappa shape index (κ2) is 4.44. The summed E-state index contributed by atoms with van der Waals surface area (Å²) in [5, 5.41) is 11.3. The van der Waals surface area contributed by atoms with E-state index in [-0.39, 0.29) is 0 Å². The molecule has 2 N–H and O–H groups in total. The number of anilines is 1. The van der Waals surface area contributed by atoms with Crippen LogP contribution in [0.5, 0.6) is 0 Å². The number of carboxylic acid groups (broad SMARTS) is 1. The number of carboxylic acids is 1. The zero-order valence-electron chi connectivity index (χ0n) is 11.3. The van der Waals surface area contributed by atoms with Gasteiger partial charge < -0.3 is 15.0 Å².